The van der Waals surface area contributed by atoms with Gasteiger partial charge >= 0.3 is 0 Å². The van der Waals surface area contributed by atoms with E-state index in [-0.39, 0.29) is 0 Å². The van der Waals surface area contributed by atoms with Crippen molar-refractivity contribution in [2.75, 3.05) is 11.4 Å². The minimum atomic E-state index is 0.698. The maximum Gasteiger partial charge on any atom is 0.0516 e. The summed E-state index contributed by atoms with van der Waals surface area (Å²) in [5.41, 5.74) is 1.38. The molecule has 116 valence electrons. The van der Waals surface area contributed by atoms with Crippen LogP contribution in [0.2, 0.25) is 0 Å². The molecule has 2 nitrogen and oxygen atoms in total. The average molecular weight is 416 g/mol. The van der Waals surface area contributed by atoms with E-state index in [4.69, 9.17) is 0 Å². The molecule has 1 aromatic rings. The third-order valence-electron chi connectivity index (χ3n) is 4.85. The first-order valence-corrected chi connectivity index (χ1v) is 9.74. The lowest BCUT2D eigenvalue weighted by molar-refractivity contribution is 0.245. The zero-order valence-electron chi connectivity index (χ0n) is 12.6. The van der Waals surface area contributed by atoms with Gasteiger partial charge in [-0.1, -0.05) is 22.9 Å². The molecule has 2 unspecified atom stereocenters. The molecule has 1 N–H and O–H groups in total. The Morgan fingerprint density at radius 2 is 1.90 bits per heavy atom. The van der Waals surface area contributed by atoms with E-state index in [1.807, 2.05) is 0 Å². The first kappa shape index (κ1) is 15.8. The highest BCUT2D eigenvalue weighted by molar-refractivity contribution is 9.11. The Morgan fingerprint density at radius 1 is 1.19 bits per heavy atom. The van der Waals surface area contributed by atoms with Crippen molar-refractivity contribution < 1.29 is 0 Å². The van der Waals surface area contributed by atoms with Crippen LogP contribution in [0.25, 0.3) is 0 Å². The summed E-state index contributed by atoms with van der Waals surface area (Å²) >= 11 is 7.32. The molecule has 0 aliphatic carbocycles. The molecule has 2 aliphatic rings. The van der Waals surface area contributed by atoms with Crippen LogP contribution in [0.15, 0.2) is 27.1 Å². The third-order valence-corrected chi connectivity index (χ3v) is 5.97. The van der Waals surface area contributed by atoms with Crippen molar-refractivity contribution in [3.63, 3.8) is 0 Å². The summed E-state index contributed by atoms with van der Waals surface area (Å²) in [6.45, 7) is 3.41. The molecular formula is C17H24Br2N2. The van der Waals surface area contributed by atoms with E-state index < -0.39 is 0 Å². The summed E-state index contributed by atoms with van der Waals surface area (Å²) in [5, 5.41) is 3.75. The van der Waals surface area contributed by atoms with Gasteiger partial charge in [0.25, 0.3) is 0 Å². The smallest absolute Gasteiger partial charge is 0.0516 e. The number of halogens is 2. The molecule has 2 bridgehead atoms. The molecular weight excluding hydrogens is 392 g/mol. The Bertz CT molecular complexity index is 478. The normalized spacial score (nSPS) is 28.7. The average Bonchev–Trinajstić information content (AvgIpc) is 2.44. The first-order valence-electron chi connectivity index (χ1n) is 8.15. The zero-order valence-corrected chi connectivity index (χ0v) is 15.8. The SMILES string of the molecule is CCCNC1CC2CCCC(C1)N2c1ccc(Br)cc1Br. The largest absolute Gasteiger partial charge is 0.365 e. The number of nitrogens with one attached hydrogen (secondary N) is 1. The van der Waals surface area contributed by atoms with Crippen LogP contribution in [0.1, 0.15) is 45.4 Å². The maximum absolute atomic E-state index is 3.76. The van der Waals surface area contributed by atoms with Crippen molar-refractivity contribution in [3.8, 4) is 0 Å². The van der Waals surface area contributed by atoms with Gasteiger partial charge in [0.1, 0.15) is 0 Å². The molecule has 4 heteroatoms. The Morgan fingerprint density at radius 3 is 2.52 bits per heavy atom. The van der Waals surface area contributed by atoms with E-state index in [2.05, 4.69) is 67.2 Å². The number of nitrogens with zero attached hydrogens (tertiary/aromatic N) is 1. The number of rotatable bonds is 4. The summed E-state index contributed by atoms with van der Waals surface area (Å²) in [7, 11) is 0. The minimum absolute atomic E-state index is 0.698. The lowest BCUT2D eigenvalue weighted by atomic mass is 9.81. The quantitative estimate of drug-likeness (QED) is 0.735. The van der Waals surface area contributed by atoms with E-state index in [1.165, 1.54) is 48.7 Å². The van der Waals surface area contributed by atoms with Crippen LogP contribution < -0.4 is 10.2 Å². The van der Waals surface area contributed by atoms with Gasteiger partial charge in [-0.05, 0) is 79.2 Å². The molecule has 1 aromatic carbocycles. The molecule has 0 saturated carbocycles. The van der Waals surface area contributed by atoms with Crippen molar-refractivity contribution in [1.82, 2.24) is 5.32 Å². The van der Waals surface area contributed by atoms with Gasteiger partial charge in [0.05, 0.1) is 5.69 Å². The maximum atomic E-state index is 3.76. The highest BCUT2D eigenvalue weighted by Gasteiger charge is 2.38. The Kier molecular flexibility index (Phi) is 5.28. The second-order valence-corrected chi connectivity index (χ2v) is 8.13. The van der Waals surface area contributed by atoms with E-state index in [1.54, 1.807) is 0 Å². The summed E-state index contributed by atoms with van der Waals surface area (Å²) in [5.74, 6) is 0. The number of hydrogen-bond acceptors (Lipinski definition) is 2. The number of anilines is 1. The Hall–Kier alpha value is -0.0600. The number of benzene rings is 1. The van der Waals surface area contributed by atoms with Crippen LogP contribution in [0.4, 0.5) is 5.69 Å². The summed E-state index contributed by atoms with van der Waals surface area (Å²) in [6, 6.07) is 8.71. The molecule has 2 heterocycles. The van der Waals surface area contributed by atoms with E-state index >= 15 is 0 Å². The number of fused-ring (bicyclic) bond motifs is 2. The van der Waals surface area contributed by atoms with Crippen LogP contribution >= 0.6 is 31.9 Å². The summed E-state index contributed by atoms with van der Waals surface area (Å²) in [6.07, 6.45) is 7.87. The predicted octanol–water partition coefficient (Wildman–Crippen LogP) is 5.10. The van der Waals surface area contributed by atoms with Crippen LogP contribution in [-0.2, 0) is 0 Å². The number of hydrogen-bond donors (Lipinski definition) is 1. The van der Waals surface area contributed by atoms with E-state index in [9.17, 15) is 0 Å². The van der Waals surface area contributed by atoms with Crippen LogP contribution in [0.5, 0.6) is 0 Å². The Balaban J connectivity index is 1.80. The first-order chi connectivity index (χ1) is 10.2. The molecule has 2 atom stereocenters. The topological polar surface area (TPSA) is 15.3 Å². The fourth-order valence-corrected chi connectivity index (χ4v) is 5.23. The minimum Gasteiger partial charge on any atom is -0.365 e. The van der Waals surface area contributed by atoms with Gasteiger partial charge < -0.3 is 10.2 Å². The Labute approximate surface area is 144 Å². The van der Waals surface area contributed by atoms with Gasteiger partial charge in [0.15, 0.2) is 0 Å². The van der Waals surface area contributed by atoms with Gasteiger partial charge in [-0.25, -0.2) is 0 Å². The van der Waals surface area contributed by atoms with Crippen molar-refractivity contribution in [2.24, 2.45) is 0 Å². The lowest BCUT2D eigenvalue weighted by Gasteiger charge is -2.50. The highest BCUT2D eigenvalue weighted by atomic mass is 79.9. The van der Waals surface area contributed by atoms with E-state index in [0.717, 1.165) is 11.0 Å². The second-order valence-electron chi connectivity index (χ2n) is 6.36. The summed E-state index contributed by atoms with van der Waals surface area (Å²) < 4.78 is 2.36. The molecule has 21 heavy (non-hydrogen) atoms. The number of piperidine rings is 2. The fourth-order valence-electron chi connectivity index (χ4n) is 3.98. The second kappa shape index (κ2) is 7.01. The van der Waals surface area contributed by atoms with Crippen LogP contribution in [0, 0.1) is 0 Å². The van der Waals surface area contributed by atoms with Gasteiger partial charge in [-0.15, -0.1) is 0 Å². The summed E-state index contributed by atoms with van der Waals surface area (Å²) in [4.78, 5) is 2.70. The molecule has 2 fully saturated rings. The molecule has 0 spiro atoms. The van der Waals surface area contributed by atoms with Crippen molar-refractivity contribution >= 4 is 37.5 Å². The lowest BCUT2D eigenvalue weighted by Crippen LogP contribution is -2.56. The molecule has 0 amide bonds. The molecule has 3 rings (SSSR count). The molecule has 0 aromatic heterocycles. The predicted molar refractivity (Wildman–Crippen MR) is 97.1 cm³/mol. The van der Waals surface area contributed by atoms with Crippen molar-refractivity contribution in [2.45, 2.75) is 63.6 Å². The van der Waals surface area contributed by atoms with Crippen molar-refractivity contribution in [1.29, 1.82) is 0 Å². The molecule has 2 aliphatic heterocycles. The van der Waals surface area contributed by atoms with Gasteiger partial charge in [0, 0.05) is 27.1 Å². The zero-order chi connectivity index (χ0) is 14.8. The standard InChI is InChI=1S/C17H24Br2N2/c1-2-8-20-13-10-14-4-3-5-15(11-13)21(14)17-7-6-12(18)9-16(17)19/h6-7,9,13-15,20H,2-5,8,10-11H2,1H3. The fraction of sp³-hybridized carbons (Fsp3) is 0.647. The van der Waals surface area contributed by atoms with Crippen molar-refractivity contribution in [3.05, 3.63) is 27.1 Å². The van der Waals surface area contributed by atoms with E-state index in [0.29, 0.717) is 18.1 Å². The third kappa shape index (κ3) is 3.48. The monoisotopic (exact) mass is 414 g/mol. The molecule has 0 radical (unpaired) electrons. The highest BCUT2D eigenvalue weighted by Crippen LogP contribution is 2.41. The molecule has 2 saturated heterocycles. The van der Waals surface area contributed by atoms with Crippen LogP contribution in [0.3, 0.4) is 0 Å². The van der Waals surface area contributed by atoms with Gasteiger partial charge in [-0.3, -0.25) is 0 Å². The van der Waals surface area contributed by atoms with Crippen LogP contribution in [-0.4, -0.2) is 24.7 Å². The van der Waals surface area contributed by atoms with Gasteiger partial charge in [-0.2, -0.15) is 0 Å². The van der Waals surface area contributed by atoms with Gasteiger partial charge in [0.2, 0.25) is 0 Å².